The molecule has 156 valence electrons. The maximum absolute atomic E-state index is 12.5. The van der Waals surface area contributed by atoms with Gasteiger partial charge in [0.1, 0.15) is 18.5 Å². The Morgan fingerprint density at radius 3 is 2.69 bits per heavy atom. The smallest absolute Gasteiger partial charge is 0.320 e. The third-order valence-electron chi connectivity index (χ3n) is 4.73. The summed E-state index contributed by atoms with van der Waals surface area (Å²) in [5.41, 5.74) is 0.816. The van der Waals surface area contributed by atoms with E-state index in [4.69, 9.17) is 14.2 Å². The Balaban J connectivity index is 1.70. The first kappa shape index (κ1) is 19.5. The van der Waals surface area contributed by atoms with Gasteiger partial charge in [0.25, 0.3) is 5.91 Å². The minimum absolute atomic E-state index is 0.256. The standard InChI is InChI=1S/C17H23N7O5/c1-5-19-14(25)10-9-11(29-17(2,3)28-9)15(27-10)24-7-22-8-12(23-16(26)18-4)20-6-21-13(8)24/h6-7,9-11,15H,5H2,1-4H3,(H,19,25)(H2,18,20,21,23,26)/t9-,10+,11-,15-/m1/s1. The van der Waals surface area contributed by atoms with Gasteiger partial charge >= 0.3 is 6.03 Å². The monoisotopic (exact) mass is 405 g/mol. The van der Waals surface area contributed by atoms with Gasteiger partial charge in [0.05, 0.1) is 6.33 Å². The Morgan fingerprint density at radius 2 is 1.97 bits per heavy atom. The Morgan fingerprint density at radius 1 is 1.21 bits per heavy atom. The van der Waals surface area contributed by atoms with Gasteiger partial charge in [0, 0.05) is 13.6 Å². The second-order valence-electron chi connectivity index (χ2n) is 7.16. The summed E-state index contributed by atoms with van der Waals surface area (Å²) in [6.45, 7) is 5.88. The number of urea groups is 1. The number of hydrogen-bond acceptors (Lipinski definition) is 8. The molecule has 3 N–H and O–H groups in total. The molecule has 4 atom stereocenters. The maximum atomic E-state index is 12.5. The van der Waals surface area contributed by atoms with Crippen molar-refractivity contribution >= 4 is 28.9 Å². The summed E-state index contributed by atoms with van der Waals surface area (Å²) in [5, 5.41) is 7.83. The molecule has 29 heavy (non-hydrogen) atoms. The summed E-state index contributed by atoms with van der Waals surface area (Å²) < 4.78 is 19.7. The van der Waals surface area contributed by atoms with Crippen molar-refractivity contribution in [3.63, 3.8) is 0 Å². The fourth-order valence-electron chi connectivity index (χ4n) is 3.59. The molecule has 2 fully saturated rings. The Labute approximate surface area is 166 Å². The van der Waals surface area contributed by atoms with E-state index in [0.717, 1.165) is 0 Å². The molecule has 0 radical (unpaired) electrons. The van der Waals surface area contributed by atoms with Crippen LogP contribution in [0.1, 0.15) is 27.0 Å². The van der Waals surface area contributed by atoms with Crippen molar-refractivity contribution in [2.45, 2.75) is 51.1 Å². The van der Waals surface area contributed by atoms with Crippen LogP contribution in [0.3, 0.4) is 0 Å². The molecule has 2 aromatic rings. The number of likely N-dealkylation sites (N-methyl/N-ethyl adjacent to an activating group) is 1. The number of imidazole rings is 1. The normalized spacial score (nSPS) is 27.6. The highest BCUT2D eigenvalue weighted by Gasteiger charge is 2.58. The van der Waals surface area contributed by atoms with Gasteiger partial charge in [0.15, 0.2) is 35.1 Å². The molecule has 12 nitrogen and oxygen atoms in total. The molecule has 0 aromatic carbocycles. The number of rotatable bonds is 4. The number of aromatic nitrogens is 4. The third kappa shape index (κ3) is 3.39. The van der Waals surface area contributed by atoms with Gasteiger partial charge in [-0.15, -0.1) is 0 Å². The van der Waals surface area contributed by atoms with Crippen LogP contribution in [0.15, 0.2) is 12.7 Å². The summed E-state index contributed by atoms with van der Waals surface area (Å²) in [6, 6.07) is -0.428. The molecule has 0 saturated carbocycles. The third-order valence-corrected chi connectivity index (χ3v) is 4.73. The van der Waals surface area contributed by atoms with Crippen LogP contribution in [-0.2, 0) is 19.0 Å². The average Bonchev–Trinajstić information content (AvgIpc) is 3.32. The van der Waals surface area contributed by atoms with Gasteiger partial charge in [-0.25, -0.2) is 19.7 Å². The molecule has 0 aliphatic carbocycles. The number of nitrogens with zero attached hydrogens (tertiary/aromatic N) is 4. The maximum Gasteiger partial charge on any atom is 0.320 e. The highest BCUT2D eigenvalue weighted by molar-refractivity contribution is 5.95. The van der Waals surface area contributed by atoms with Crippen molar-refractivity contribution in [3.8, 4) is 0 Å². The largest absolute Gasteiger partial charge is 0.354 e. The lowest BCUT2D eigenvalue weighted by Gasteiger charge is -2.24. The van der Waals surface area contributed by atoms with Crippen molar-refractivity contribution in [2.75, 3.05) is 18.9 Å². The second kappa shape index (κ2) is 7.21. The van der Waals surface area contributed by atoms with E-state index in [0.29, 0.717) is 17.7 Å². The van der Waals surface area contributed by atoms with Crippen LogP contribution in [0.25, 0.3) is 11.2 Å². The molecular formula is C17H23N7O5. The Bertz CT molecular complexity index is 945. The predicted molar refractivity (Wildman–Crippen MR) is 99.8 cm³/mol. The zero-order chi connectivity index (χ0) is 20.8. The summed E-state index contributed by atoms with van der Waals surface area (Å²) in [7, 11) is 1.50. The zero-order valence-corrected chi connectivity index (χ0v) is 16.5. The van der Waals surface area contributed by atoms with Gasteiger partial charge < -0.3 is 24.8 Å². The van der Waals surface area contributed by atoms with Crippen molar-refractivity contribution in [1.82, 2.24) is 30.2 Å². The van der Waals surface area contributed by atoms with E-state index in [-0.39, 0.29) is 11.7 Å². The van der Waals surface area contributed by atoms with Crippen LogP contribution in [-0.4, -0.2) is 69.1 Å². The number of anilines is 1. The molecule has 2 saturated heterocycles. The molecule has 4 heterocycles. The van der Waals surface area contributed by atoms with E-state index in [1.165, 1.54) is 19.7 Å². The summed E-state index contributed by atoms with van der Waals surface area (Å²) in [5.74, 6) is -0.876. The SMILES string of the molecule is CCNC(=O)[C@H]1O[C@@H](n2cnc3c(NC(=O)NC)ncnc32)[C@@H]2OC(C)(C)O[C@@H]21. The minimum Gasteiger partial charge on any atom is -0.354 e. The average molecular weight is 405 g/mol. The lowest BCUT2D eigenvalue weighted by molar-refractivity contribution is -0.197. The lowest BCUT2D eigenvalue weighted by atomic mass is 10.1. The quantitative estimate of drug-likeness (QED) is 0.652. The molecule has 3 amide bonds. The van der Waals surface area contributed by atoms with Crippen molar-refractivity contribution in [3.05, 3.63) is 12.7 Å². The predicted octanol–water partition coefficient (Wildman–Crippen LogP) is 0.131. The van der Waals surface area contributed by atoms with E-state index in [2.05, 4.69) is 30.9 Å². The second-order valence-corrected chi connectivity index (χ2v) is 7.16. The molecule has 0 bridgehead atoms. The first-order valence-corrected chi connectivity index (χ1v) is 9.29. The Hall–Kier alpha value is -2.83. The molecule has 2 aromatic heterocycles. The molecule has 2 aliphatic heterocycles. The van der Waals surface area contributed by atoms with Crippen LogP contribution >= 0.6 is 0 Å². The van der Waals surface area contributed by atoms with Crippen LogP contribution in [0.5, 0.6) is 0 Å². The van der Waals surface area contributed by atoms with E-state index in [9.17, 15) is 9.59 Å². The van der Waals surface area contributed by atoms with E-state index >= 15 is 0 Å². The molecular weight excluding hydrogens is 382 g/mol. The molecule has 12 heteroatoms. The number of nitrogens with one attached hydrogen (secondary N) is 3. The summed E-state index contributed by atoms with van der Waals surface area (Å²) in [6.07, 6.45) is 0.182. The van der Waals surface area contributed by atoms with Crippen LogP contribution < -0.4 is 16.0 Å². The Kier molecular flexibility index (Phi) is 4.84. The lowest BCUT2D eigenvalue weighted by Crippen LogP contribution is -2.42. The number of ether oxygens (including phenoxy) is 3. The molecule has 0 spiro atoms. The first-order chi connectivity index (χ1) is 13.8. The van der Waals surface area contributed by atoms with E-state index in [1.54, 1.807) is 18.4 Å². The highest BCUT2D eigenvalue weighted by Crippen LogP contribution is 2.43. The van der Waals surface area contributed by atoms with Crippen LogP contribution in [0.2, 0.25) is 0 Å². The van der Waals surface area contributed by atoms with Gasteiger partial charge in [-0.2, -0.15) is 0 Å². The number of fused-ring (bicyclic) bond motifs is 2. The van der Waals surface area contributed by atoms with Gasteiger partial charge in [-0.1, -0.05) is 0 Å². The number of carbonyl (C=O) groups excluding carboxylic acids is 2. The van der Waals surface area contributed by atoms with Crippen LogP contribution in [0, 0.1) is 0 Å². The van der Waals surface area contributed by atoms with Crippen molar-refractivity contribution in [2.24, 2.45) is 0 Å². The van der Waals surface area contributed by atoms with Crippen molar-refractivity contribution < 1.29 is 23.8 Å². The highest BCUT2D eigenvalue weighted by atomic mass is 16.8. The fraction of sp³-hybridized carbons (Fsp3) is 0.588. The summed E-state index contributed by atoms with van der Waals surface area (Å²) in [4.78, 5) is 36.9. The van der Waals surface area contributed by atoms with E-state index < -0.39 is 36.4 Å². The molecule has 0 unspecified atom stereocenters. The van der Waals surface area contributed by atoms with E-state index in [1.807, 2.05) is 6.92 Å². The topological polar surface area (TPSA) is 142 Å². The number of carbonyl (C=O) groups is 2. The minimum atomic E-state index is -0.862. The van der Waals surface area contributed by atoms with Gasteiger partial charge in [0.2, 0.25) is 0 Å². The van der Waals surface area contributed by atoms with Gasteiger partial charge in [-0.3, -0.25) is 14.7 Å². The first-order valence-electron chi connectivity index (χ1n) is 9.29. The number of amides is 3. The van der Waals surface area contributed by atoms with Gasteiger partial charge in [-0.05, 0) is 20.8 Å². The van der Waals surface area contributed by atoms with Crippen molar-refractivity contribution in [1.29, 1.82) is 0 Å². The number of hydrogen-bond donors (Lipinski definition) is 3. The zero-order valence-electron chi connectivity index (χ0n) is 16.5. The fourth-order valence-corrected chi connectivity index (χ4v) is 3.59. The van der Waals surface area contributed by atoms with Crippen LogP contribution in [0.4, 0.5) is 10.6 Å². The molecule has 4 rings (SSSR count). The summed E-state index contributed by atoms with van der Waals surface area (Å²) >= 11 is 0. The molecule has 2 aliphatic rings.